The Morgan fingerprint density at radius 1 is 1.33 bits per heavy atom. The van der Waals surface area contributed by atoms with Crippen LogP contribution in [0.2, 0.25) is 5.02 Å². The lowest BCUT2D eigenvalue weighted by Gasteiger charge is -2.29. The third-order valence-corrected chi connectivity index (χ3v) is 5.86. The number of benzene rings is 1. The summed E-state index contributed by atoms with van der Waals surface area (Å²) >= 11 is 6.23. The summed E-state index contributed by atoms with van der Waals surface area (Å²) in [4.78, 5) is 13.9. The molecule has 1 aliphatic heterocycles. The molecule has 3 rings (SSSR count). The molecule has 0 fully saturated rings. The van der Waals surface area contributed by atoms with Crippen LogP contribution in [-0.4, -0.2) is 49.8 Å². The first-order valence-corrected chi connectivity index (χ1v) is 9.65. The summed E-state index contributed by atoms with van der Waals surface area (Å²) in [5, 5.41) is 4.33. The molecule has 0 spiro atoms. The maximum absolute atomic E-state index is 12.2. The number of sulfonamides is 1. The fourth-order valence-electron chi connectivity index (χ4n) is 2.87. The topological polar surface area (TPSA) is 83.4 Å². The molecular weight excluding hydrogens is 352 g/mol. The second-order valence-electron chi connectivity index (χ2n) is 5.64. The monoisotopic (exact) mass is 370 g/mol. The number of hydrogen-bond acceptors (Lipinski definition) is 3. The molecular formula is C15H19ClN4O3S. The zero-order valence-electron chi connectivity index (χ0n) is 13.3. The molecule has 0 atom stereocenters. The van der Waals surface area contributed by atoms with Gasteiger partial charge in [-0.2, -0.15) is 0 Å². The van der Waals surface area contributed by atoms with Gasteiger partial charge in [0.15, 0.2) is 0 Å². The van der Waals surface area contributed by atoms with Crippen LogP contribution in [0.3, 0.4) is 0 Å². The van der Waals surface area contributed by atoms with Crippen LogP contribution in [0, 0.1) is 0 Å². The van der Waals surface area contributed by atoms with E-state index in [1.165, 1.54) is 7.05 Å². The summed E-state index contributed by atoms with van der Waals surface area (Å²) in [7, 11) is -1.97. The SMILES string of the molecule is CNS(=O)(=O)CCNC(=O)N1CCn2c(cc3c(Cl)cccc32)C1. The van der Waals surface area contributed by atoms with Crippen LogP contribution in [-0.2, 0) is 23.1 Å². The molecule has 2 aromatic rings. The fourth-order valence-corrected chi connectivity index (χ4v) is 3.67. The van der Waals surface area contributed by atoms with Gasteiger partial charge >= 0.3 is 6.03 Å². The average molecular weight is 371 g/mol. The molecule has 9 heteroatoms. The Labute approximate surface area is 145 Å². The van der Waals surface area contributed by atoms with E-state index in [1.54, 1.807) is 4.90 Å². The minimum absolute atomic E-state index is 0.0767. The van der Waals surface area contributed by atoms with Crippen molar-refractivity contribution < 1.29 is 13.2 Å². The number of fused-ring (bicyclic) bond motifs is 3. The van der Waals surface area contributed by atoms with Gasteiger partial charge < -0.3 is 14.8 Å². The summed E-state index contributed by atoms with van der Waals surface area (Å²) in [6.07, 6.45) is 0. The average Bonchev–Trinajstić information content (AvgIpc) is 2.94. The zero-order valence-corrected chi connectivity index (χ0v) is 14.8. The number of nitrogens with zero attached hydrogens (tertiary/aromatic N) is 2. The number of rotatable bonds is 4. The molecule has 2 N–H and O–H groups in total. The van der Waals surface area contributed by atoms with Crippen molar-refractivity contribution in [3.8, 4) is 0 Å². The largest absolute Gasteiger partial charge is 0.341 e. The van der Waals surface area contributed by atoms with Crippen molar-refractivity contribution in [3.05, 3.63) is 35.0 Å². The first kappa shape index (κ1) is 17.1. The number of hydrogen-bond donors (Lipinski definition) is 2. The molecule has 1 aromatic heterocycles. The van der Waals surface area contributed by atoms with Gasteiger partial charge in [0.2, 0.25) is 10.0 Å². The number of nitrogens with one attached hydrogen (secondary N) is 2. The normalized spacial score (nSPS) is 14.7. The molecule has 0 aliphatic carbocycles. The predicted octanol–water partition coefficient (Wildman–Crippen LogP) is 1.37. The molecule has 1 aliphatic rings. The van der Waals surface area contributed by atoms with Crippen molar-refractivity contribution in [3.63, 3.8) is 0 Å². The third kappa shape index (κ3) is 3.35. The quantitative estimate of drug-likeness (QED) is 0.852. The van der Waals surface area contributed by atoms with Crippen LogP contribution in [0.15, 0.2) is 24.3 Å². The molecule has 7 nitrogen and oxygen atoms in total. The Balaban J connectivity index is 1.68. The van der Waals surface area contributed by atoms with Gasteiger partial charge in [-0.05, 0) is 25.2 Å². The third-order valence-electron chi connectivity index (χ3n) is 4.17. The van der Waals surface area contributed by atoms with Gasteiger partial charge in [0.1, 0.15) is 0 Å². The van der Waals surface area contributed by atoms with Gasteiger partial charge in [-0.1, -0.05) is 17.7 Å². The van der Waals surface area contributed by atoms with E-state index in [-0.39, 0.29) is 18.3 Å². The van der Waals surface area contributed by atoms with Gasteiger partial charge in [-0.3, -0.25) is 0 Å². The van der Waals surface area contributed by atoms with E-state index in [1.807, 2.05) is 24.3 Å². The standard InChI is InChI=1S/C15H19ClN4O3S/c1-17-24(22,23)8-5-18-15(21)19-6-7-20-11(10-19)9-12-13(16)3-2-4-14(12)20/h2-4,9,17H,5-8,10H2,1H3,(H,18,21). The number of amides is 2. The van der Waals surface area contributed by atoms with Crippen LogP contribution < -0.4 is 10.0 Å². The minimum Gasteiger partial charge on any atom is -0.341 e. The van der Waals surface area contributed by atoms with E-state index in [0.717, 1.165) is 16.6 Å². The fraction of sp³-hybridized carbons (Fsp3) is 0.400. The minimum atomic E-state index is -3.32. The van der Waals surface area contributed by atoms with Crippen LogP contribution >= 0.6 is 11.6 Å². The summed E-state index contributed by atoms with van der Waals surface area (Å²) < 4.78 is 27.1. The molecule has 0 saturated heterocycles. The zero-order chi connectivity index (χ0) is 17.3. The smallest absolute Gasteiger partial charge is 0.317 e. The molecule has 1 aromatic carbocycles. The molecule has 0 radical (unpaired) electrons. The number of carbonyl (C=O) groups is 1. The molecule has 130 valence electrons. The molecule has 24 heavy (non-hydrogen) atoms. The van der Waals surface area contributed by atoms with Crippen molar-refractivity contribution in [2.45, 2.75) is 13.1 Å². The summed E-state index contributed by atoms with van der Waals surface area (Å²) in [6, 6.07) is 7.52. The van der Waals surface area contributed by atoms with E-state index < -0.39 is 10.0 Å². The first-order valence-electron chi connectivity index (χ1n) is 7.62. The van der Waals surface area contributed by atoms with Crippen molar-refractivity contribution in [2.75, 3.05) is 25.9 Å². The summed E-state index contributed by atoms with van der Waals surface area (Å²) in [5.41, 5.74) is 2.08. The lowest BCUT2D eigenvalue weighted by Crippen LogP contribution is -2.45. The van der Waals surface area contributed by atoms with Gasteiger partial charge in [0, 0.05) is 41.3 Å². The molecule has 0 saturated carbocycles. The van der Waals surface area contributed by atoms with Crippen LogP contribution in [0.4, 0.5) is 4.79 Å². The van der Waals surface area contributed by atoms with Gasteiger partial charge in [0.25, 0.3) is 0 Å². The second-order valence-corrected chi connectivity index (χ2v) is 8.09. The predicted molar refractivity (Wildman–Crippen MR) is 93.6 cm³/mol. The highest BCUT2D eigenvalue weighted by molar-refractivity contribution is 7.89. The van der Waals surface area contributed by atoms with E-state index >= 15 is 0 Å². The van der Waals surface area contributed by atoms with Crippen LogP contribution in [0.1, 0.15) is 5.69 Å². The van der Waals surface area contributed by atoms with Crippen molar-refractivity contribution in [1.82, 2.24) is 19.5 Å². The van der Waals surface area contributed by atoms with E-state index in [0.29, 0.717) is 24.7 Å². The molecule has 0 bridgehead atoms. The maximum atomic E-state index is 12.2. The van der Waals surface area contributed by atoms with Gasteiger partial charge in [-0.25, -0.2) is 17.9 Å². The van der Waals surface area contributed by atoms with E-state index in [4.69, 9.17) is 11.6 Å². The Morgan fingerprint density at radius 3 is 2.88 bits per heavy atom. The number of urea groups is 1. The highest BCUT2D eigenvalue weighted by Gasteiger charge is 2.23. The van der Waals surface area contributed by atoms with Gasteiger partial charge in [0.05, 0.1) is 12.3 Å². The lowest BCUT2D eigenvalue weighted by atomic mass is 10.2. The van der Waals surface area contributed by atoms with Crippen molar-refractivity contribution in [2.24, 2.45) is 0 Å². The Kier molecular flexibility index (Phi) is 4.71. The van der Waals surface area contributed by atoms with Crippen LogP contribution in [0.5, 0.6) is 0 Å². The number of carbonyl (C=O) groups excluding carboxylic acids is 1. The van der Waals surface area contributed by atoms with Crippen molar-refractivity contribution in [1.29, 1.82) is 0 Å². The summed E-state index contributed by atoms with van der Waals surface area (Å²) in [6.45, 7) is 1.79. The maximum Gasteiger partial charge on any atom is 0.317 e. The second kappa shape index (κ2) is 6.62. The van der Waals surface area contributed by atoms with Crippen molar-refractivity contribution >= 4 is 38.6 Å². The molecule has 2 amide bonds. The lowest BCUT2D eigenvalue weighted by molar-refractivity contribution is 0.185. The molecule has 0 unspecified atom stereocenters. The summed E-state index contributed by atoms with van der Waals surface area (Å²) in [5.74, 6) is -0.140. The highest BCUT2D eigenvalue weighted by atomic mass is 35.5. The van der Waals surface area contributed by atoms with Gasteiger partial charge in [-0.15, -0.1) is 0 Å². The molecule has 2 heterocycles. The number of halogens is 1. The first-order chi connectivity index (χ1) is 11.4. The Morgan fingerprint density at radius 2 is 2.12 bits per heavy atom. The number of aromatic nitrogens is 1. The van der Waals surface area contributed by atoms with E-state index in [9.17, 15) is 13.2 Å². The van der Waals surface area contributed by atoms with Crippen LogP contribution in [0.25, 0.3) is 10.9 Å². The van der Waals surface area contributed by atoms with E-state index in [2.05, 4.69) is 14.6 Å². The Bertz CT molecular complexity index is 878. The Hall–Kier alpha value is -1.77. The highest BCUT2D eigenvalue weighted by Crippen LogP contribution is 2.29.